The molecule has 136 valence electrons. The van der Waals surface area contributed by atoms with Gasteiger partial charge in [-0.25, -0.2) is 14.4 Å². The molecule has 2 heterocycles. The number of aliphatic hydroxyl groups is 1. The smallest absolute Gasteiger partial charge is 0.154 e. The number of hydrogen-bond acceptors (Lipinski definition) is 5. The van der Waals surface area contributed by atoms with Crippen LogP contribution in [0.3, 0.4) is 0 Å². The predicted octanol–water partition coefficient (Wildman–Crippen LogP) is 3.61. The summed E-state index contributed by atoms with van der Waals surface area (Å²) in [5.41, 5.74) is 1.67. The largest absolute Gasteiger partial charge is 0.392 e. The van der Waals surface area contributed by atoms with E-state index in [4.69, 9.17) is 0 Å². The van der Waals surface area contributed by atoms with Crippen LogP contribution < -0.4 is 5.32 Å². The van der Waals surface area contributed by atoms with Crippen molar-refractivity contribution in [2.24, 2.45) is 0 Å². The molecule has 4 rings (SSSR count). The molecule has 0 bridgehead atoms. The molecule has 1 aliphatic rings. The third kappa shape index (κ3) is 3.17. The standard InChI is InChI=1S/C19H21FN4OS/c1-26-16-8-13(7-15(16)25)24-10-14(20)17-18(22-11-23-19(17)24)21-9-12-5-3-2-4-6-12/h2-6,10-11,13,15-16,25H,7-9H2,1H3,(H,21,22,23)/t13-,15+,16+/m1/s1. The monoisotopic (exact) mass is 372 g/mol. The molecule has 0 aliphatic heterocycles. The van der Waals surface area contributed by atoms with Crippen molar-refractivity contribution in [3.05, 3.63) is 54.2 Å². The lowest BCUT2D eigenvalue weighted by Crippen LogP contribution is -2.14. The second-order valence-corrected chi connectivity index (χ2v) is 7.69. The van der Waals surface area contributed by atoms with Crippen molar-refractivity contribution in [1.29, 1.82) is 0 Å². The molecule has 3 atom stereocenters. The predicted molar refractivity (Wildman–Crippen MR) is 103 cm³/mol. The summed E-state index contributed by atoms with van der Waals surface area (Å²) in [5.74, 6) is 0.160. The highest BCUT2D eigenvalue weighted by Gasteiger charge is 2.34. The Bertz CT molecular complexity index is 901. The second kappa shape index (κ2) is 7.25. The Morgan fingerprint density at radius 3 is 2.81 bits per heavy atom. The van der Waals surface area contributed by atoms with Gasteiger partial charge in [-0.1, -0.05) is 30.3 Å². The normalized spacial score (nSPS) is 22.8. The second-order valence-electron chi connectivity index (χ2n) is 6.61. The van der Waals surface area contributed by atoms with Gasteiger partial charge in [0.25, 0.3) is 0 Å². The van der Waals surface area contributed by atoms with Gasteiger partial charge in [-0.05, 0) is 24.7 Å². The molecule has 2 N–H and O–H groups in total. The Hall–Kier alpha value is -2.12. The maximum absolute atomic E-state index is 14.7. The summed E-state index contributed by atoms with van der Waals surface area (Å²) in [4.78, 5) is 8.56. The van der Waals surface area contributed by atoms with E-state index in [1.165, 1.54) is 12.5 Å². The Labute approximate surface area is 155 Å². The van der Waals surface area contributed by atoms with Crippen LogP contribution in [-0.4, -0.2) is 37.3 Å². The molecule has 5 nitrogen and oxygen atoms in total. The molecule has 0 amide bonds. The van der Waals surface area contributed by atoms with E-state index in [0.29, 0.717) is 29.8 Å². The summed E-state index contributed by atoms with van der Waals surface area (Å²) >= 11 is 1.66. The van der Waals surface area contributed by atoms with Gasteiger partial charge in [0.05, 0.1) is 11.5 Å². The first-order valence-electron chi connectivity index (χ1n) is 8.67. The zero-order valence-electron chi connectivity index (χ0n) is 14.5. The molecule has 1 aliphatic carbocycles. The SMILES string of the molecule is CS[C@H]1C[C@H](n2cc(F)c3c(NCc4ccccc4)ncnc32)C[C@@H]1O. The van der Waals surface area contributed by atoms with Gasteiger partial charge >= 0.3 is 0 Å². The molecule has 0 saturated heterocycles. The summed E-state index contributed by atoms with van der Waals surface area (Å²) in [7, 11) is 0. The molecule has 0 radical (unpaired) electrons. The number of aromatic nitrogens is 3. The number of anilines is 1. The first kappa shape index (κ1) is 17.3. The van der Waals surface area contributed by atoms with Crippen LogP contribution in [0.2, 0.25) is 0 Å². The molecule has 1 aromatic carbocycles. The highest BCUT2D eigenvalue weighted by Crippen LogP contribution is 2.39. The van der Waals surface area contributed by atoms with Gasteiger partial charge in [0.1, 0.15) is 17.8 Å². The first-order valence-corrected chi connectivity index (χ1v) is 9.96. The molecule has 1 saturated carbocycles. The number of halogens is 1. The number of hydrogen-bond donors (Lipinski definition) is 2. The van der Waals surface area contributed by atoms with Gasteiger partial charge in [0, 0.05) is 24.0 Å². The Morgan fingerprint density at radius 2 is 2.08 bits per heavy atom. The number of fused-ring (bicyclic) bond motifs is 1. The van der Waals surface area contributed by atoms with Gasteiger partial charge in [-0.3, -0.25) is 0 Å². The Kier molecular flexibility index (Phi) is 4.82. The zero-order valence-corrected chi connectivity index (χ0v) is 15.3. The lowest BCUT2D eigenvalue weighted by Gasteiger charge is -2.13. The molecule has 7 heteroatoms. The molecule has 2 aromatic heterocycles. The van der Waals surface area contributed by atoms with E-state index >= 15 is 0 Å². The summed E-state index contributed by atoms with van der Waals surface area (Å²) in [5, 5.41) is 14.0. The van der Waals surface area contributed by atoms with Crippen LogP contribution in [0, 0.1) is 5.82 Å². The van der Waals surface area contributed by atoms with Crippen molar-refractivity contribution in [1.82, 2.24) is 14.5 Å². The maximum Gasteiger partial charge on any atom is 0.154 e. The van der Waals surface area contributed by atoms with Crippen LogP contribution in [-0.2, 0) is 6.54 Å². The molecule has 26 heavy (non-hydrogen) atoms. The fourth-order valence-corrected chi connectivity index (χ4v) is 4.51. The van der Waals surface area contributed by atoms with Crippen LogP contribution >= 0.6 is 11.8 Å². The molecule has 1 fully saturated rings. The van der Waals surface area contributed by atoms with E-state index in [0.717, 1.165) is 12.0 Å². The van der Waals surface area contributed by atoms with E-state index in [1.54, 1.807) is 11.8 Å². The number of nitrogens with zero attached hydrogens (tertiary/aromatic N) is 3. The number of nitrogens with one attached hydrogen (secondary N) is 1. The number of benzene rings is 1. The number of rotatable bonds is 5. The van der Waals surface area contributed by atoms with Gasteiger partial charge < -0.3 is 15.0 Å². The quantitative estimate of drug-likeness (QED) is 0.716. The van der Waals surface area contributed by atoms with Crippen molar-refractivity contribution in [3.8, 4) is 0 Å². The minimum Gasteiger partial charge on any atom is -0.392 e. The van der Waals surface area contributed by atoms with E-state index in [1.807, 2.05) is 41.2 Å². The van der Waals surface area contributed by atoms with Crippen LogP contribution in [0.15, 0.2) is 42.9 Å². The molecular formula is C19H21FN4OS. The average Bonchev–Trinajstić information content (AvgIpc) is 3.21. The van der Waals surface area contributed by atoms with Crippen molar-refractivity contribution < 1.29 is 9.50 Å². The number of thioether (sulfide) groups is 1. The third-order valence-corrected chi connectivity index (χ3v) is 6.12. The van der Waals surface area contributed by atoms with E-state index in [-0.39, 0.29) is 23.2 Å². The topological polar surface area (TPSA) is 63.0 Å². The molecule has 3 aromatic rings. The fourth-order valence-electron chi connectivity index (χ4n) is 3.67. The van der Waals surface area contributed by atoms with Gasteiger partial charge in [0.15, 0.2) is 5.82 Å². The van der Waals surface area contributed by atoms with Gasteiger partial charge in [-0.2, -0.15) is 11.8 Å². The van der Waals surface area contributed by atoms with Gasteiger partial charge in [0.2, 0.25) is 0 Å². The Morgan fingerprint density at radius 1 is 1.27 bits per heavy atom. The summed E-state index contributed by atoms with van der Waals surface area (Å²) < 4.78 is 16.6. The lowest BCUT2D eigenvalue weighted by atomic mass is 10.2. The van der Waals surface area contributed by atoms with E-state index in [9.17, 15) is 9.50 Å². The van der Waals surface area contributed by atoms with Crippen LogP contribution in [0.5, 0.6) is 0 Å². The van der Waals surface area contributed by atoms with Crippen molar-refractivity contribution >= 4 is 28.6 Å². The first-order chi connectivity index (χ1) is 12.7. The van der Waals surface area contributed by atoms with Crippen LogP contribution in [0.4, 0.5) is 10.2 Å². The van der Waals surface area contributed by atoms with Crippen molar-refractivity contribution in [2.75, 3.05) is 11.6 Å². The molecular weight excluding hydrogens is 351 g/mol. The van der Waals surface area contributed by atoms with Crippen LogP contribution in [0.1, 0.15) is 24.4 Å². The van der Waals surface area contributed by atoms with Crippen molar-refractivity contribution in [2.45, 2.75) is 36.8 Å². The van der Waals surface area contributed by atoms with Gasteiger partial charge in [-0.15, -0.1) is 0 Å². The van der Waals surface area contributed by atoms with E-state index < -0.39 is 0 Å². The fraction of sp³-hybridized carbons (Fsp3) is 0.368. The number of aliphatic hydroxyl groups excluding tert-OH is 1. The minimum absolute atomic E-state index is 0.0475. The summed E-state index contributed by atoms with van der Waals surface area (Å²) in [6.07, 6.45) is 6.01. The zero-order chi connectivity index (χ0) is 18.1. The summed E-state index contributed by atoms with van der Waals surface area (Å²) in [6.45, 7) is 0.564. The third-order valence-electron chi connectivity index (χ3n) is 5.01. The van der Waals surface area contributed by atoms with Crippen molar-refractivity contribution in [3.63, 3.8) is 0 Å². The average molecular weight is 372 g/mol. The maximum atomic E-state index is 14.7. The molecule has 0 spiro atoms. The summed E-state index contributed by atoms with van der Waals surface area (Å²) in [6, 6.07) is 9.97. The highest BCUT2D eigenvalue weighted by atomic mass is 32.2. The minimum atomic E-state index is -0.368. The highest BCUT2D eigenvalue weighted by molar-refractivity contribution is 7.99. The molecule has 0 unspecified atom stereocenters. The van der Waals surface area contributed by atoms with E-state index in [2.05, 4.69) is 15.3 Å². The van der Waals surface area contributed by atoms with Crippen LogP contribution in [0.25, 0.3) is 11.0 Å². The Balaban J connectivity index is 1.64. The lowest BCUT2D eigenvalue weighted by molar-refractivity contribution is 0.182.